The van der Waals surface area contributed by atoms with Gasteiger partial charge in [0.1, 0.15) is 4.88 Å². The van der Waals surface area contributed by atoms with Crippen molar-refractivity contribution in [3.8, 4) is 0 Å². The summed E-state index contributed by atoms with van der Waals surface area (Å²) in [5.41, 5.74) is 0.139. The molecule has 0 radical (unpaired) electrons. The minimum Gasteiger partial charge on any atom is -0.465 e. The lowest BCUT2D eigenvalue weighted by Crippen LogP contribution is -2.54. The Morgan fingerprint density at radius 2 is 1.50 bits per heavy atom. The molecule has 11 heteroatoms. The highest BCUT2D eigenvalue weighted by molar-refractivity contribution is 7.91. The summed E-state index contributed by atoms with van der Waals surface area (Å²) in [5.74, 6) is -1.67. The maximum atomic E-state index is 13.5. The molecule has 0 spiro atoms. The second-order valence-electron chi connectivity index (χ2n) is 8.39. The molecule has 1 saturated heterocycles. The number of rotatable bonds is 6. The van der Waals surface area contributed by atoms with Crippen LogP contribution in [-0.4, -0.2) is 75.9 Å². The van der Waals surface area contributed by atoms with Crippen LogP contribution < -0.4 is 0 Å². The Kier molecular flexibility index (Phi) is 7.49. The van der Waals surface area contributed by atoms with E-state index in [0.717, 1.165) is 12.7 Å². The van der Waals surface area contributed by atoms with Gasteiger partial charge in [0.15, 0.2) is 4.21 Å². The molecular weight excluding hydrogens is 480 g/mol. The molecule has 0 saturated carbocycles. The zero-order valence-electron chi connectivity index (χ0n) is 19.8. The molecular formula is C23H28N2O7S2. The Bertz CT molecular complexity index is 1200. The summed E-state index contributed by atoms with van der Waals surface area (Å²) >= 11 is 0.686. The maximum absolute atomic E-state index is 13.5. The third-order valence-corrected chi connectivity index (χ3v) is 9.67. The Balaban J connectivity index is 1.85. The van der Waals surface area contributed by atoms with Crippen molar-refractivity contribution in [3.63, 3.8) is 0 Å². The molecule has 1 aliphatic heterocycles. The molecule has 0 aliphatic carbocycles. The lowest BCUT2D eigenvalue weighted by Gasteiger charge is -2.38. The number of carbonyl (C=O) groups is 3. The first-order valence-electron chi connectivity index (χ1n) is 10.6. The molecule has 1 aromatic heterocycles. The van der Waals surface area contributed by atoms with Gasteiger partial charge in [-0.05, 0) is 31.9 Å². The van der Waals surface area contributed by atoms with Crippen molar-refractivity contribution < 1.29 is 32.3 Å². The highest BCUT2D eigenvalue weighted by Crippen LogP contribution is 2.35. The van der Waals surface area contributed by atoms with Crippen molar-refractivity contribution in [3.05, 3.63) is 51.9 Å². The van der Waals surface area contributed by atoms with Crippen LogP contribution in [0.15, 0.2) is 34.5 Å². The molecule has 34 heavy (non-hydrogen) atoms. The third kappa shape index (κ3) is 4.59. The largest absolute Gasteiger partial charge is 0.465 e. The normalized spacial score (nSPS) is 15.1. The molecule has 9 nitrogen and oxygen atoms in total. The first-order chi connectivity index (χ1) is 16.0. The van der Waals surface area contributed by atoms with Crippen molar-refractivity contribution >= 4 is 39.2 Å². The Morgan fingerprint density at radius 3 is 2.03 bits per heavy atom. The first-order valence-corrected chi connectivity index (χ1v) is 12.9. The van der Waals surface area contributed by atoms with Crippen LogP contribution in [0.4, 0.5) is 0 Å². The van der Waals surface area contributed by atoms with Crippen LogP contribution in [-0.2, 0) is 29.7 Å². The summed E-state index contributed by atoms with van der Waals surface area (Å²) in [6, 6.07) is 9.42. The van der Waals surface area contributed by atoms with Crippen LogP contribution >= 0.6 is 11.3 Å². The van der Waals surface area contributed by atoms with Gasteiger partial charge in [0, 0.05) is 26.2 Å². The Morgan fingerprint density at radius 1 is 0.941 bits per heavy atom. The van der Waals surface area contributed by atoms with E-state index in [2.05, 4.69) is 0 Å². The van der Waals surface area contributed by atoms with Crippen LogP contribution in [0, 0.1) is 6.92 Å². The summed E-state index contributed by atoms with van der Waals surface area (Å²) in [7, 11) is -1.80. The lowest BCUT2D eigenvalue weighted by molar-refractivity contribution is -0.137. The Labute approximate surface area is 203 Å². The fourth-order valence-corrected chi connectivity index (χ4v) is 7.22. The zero-order chi connectivity index (χ0) is 25.3. The smallest absolute Gasteiger partial charge is 0.348 e. The average Bonchev–Trinajstić information content (AvgIpc) is 3.21. The fraction of sp³-hybridized carbons (Fsp3) is 0.435. The highest BCUT2D eigenvalue weighted by Gasteiger charge is 2.40. The van der Waals surface area contributed by atoms with Gasteiger partial charge in [0.25, 0.3) is 10.0 Å². The number of methoxy groups -OCH3 is 2. The van der Waals surface area contributed by atoms with E-state index < -0.39 is 27.4 Å². The van der Waals surface area contributed by atoms with E-state index in [-0.39, 0.29) is 52.3 Å². The first kappa shape index (κ1) is 25.9. The van der Waals surface area contributed by atoms with Crippen LogP contribution in [0.5, 0.6) is 0 Å². The third-order valence-electron chi connectivity index (χ3n) is 6.00. The number of benzene rings is 1. The van der Waals surface area contributed by atoms with E-state index in [9.17, 15) is 22.8 Å². The number of thiophene rings is 1. The number of hydrogen-bond donors (Lipinski definition) is 0. The monoisotopic (exact) mass is 508 g/mol. The van der Waals surface area contributed by atoms with Crippen LogP contribution in [0.25, 0.3) is 0 Å². The molecule has 3 rings (SSSR count). The molecule has 0 atom stereocenters. The van der Waals surface area contributed by atoms with Gasteiger partial charge in [-0.1, -0.05) is 30.3 Å². The average molecular weight is 509 g/mol. The van der Waals surface area contributed by atoms with E-state index in [1.807, 2.05) is 44.2 Å². The highest BCUT2D eigenvalue weighted by atomic mass is 32.2. The fourth-order valence-electron chi connectivity index (χ4n) is 3.92. The number of nitrogens with zero attached hydrogens (tertiary/aromatic N) is 2. The summed E-state index contributed by atoms with van der Waals surface area (Å²) in [5, 5.41) is 0. The second kappa shape index (κ2) is 9.85. The van der Waals surface area contributed by atoms with Gasteiger partial charge in [-0.3, -0.25) is 4.79 Å². The molecule has 1 aromatic carbocycles. The van der Waals surface area contributed by atoms with Crippen molar-refractivity contribution in [2.75, 3.05) is 40.4 Å². The predicted octanol–water partition coefficient (Wildman–Crippen LogP) is 2.44. The molecule has 1 amide bonds. The Hall–Kier alpha value is -2.76. The second-order valence-corrected chi connectivity index (χ2v) is 11.5. The van der Waals surface area contributed by atoms with Gasteiger partial charge in [0.2, 0.25) is 5.91 Å². The van der Waals surface area contributed by atoms with Gasteiger partial charge in [-0.2, -0.15) is 4.31 Å². The number of ether oxygens (including phenoxy) is 2. The number of sulfonamides is 1. The van der Waals surface area contributed by atoms with Crippen LogP contribution in [0.3, 0.4) is 0 Å². The summed E-state index contributed by atoms with van der Waals surface area (Å²) in [6.45, 7) is 5.70. The van der Waals surface area contributed by atoms with Crippen molar-refractivity contribution in [1.29, 1.82) is 0 Å². The quantitative estimate of drug-likeness (QED) is 0.551. The van der Waals surface area contributed by atoms with E-state index >= 15 is 0 Å². The minimum atomic E-state index is -4.12. The summed E-state index contributed by atoms with van der Waals surface area (Å²) in [6.07, 6.45) is 0. The molecule has 0 unspecified atom stereocenters. The van der Waals surface area contributed by atoms with Gasteiger partial charge >= 0.3 is 11.9 Å². The van der Waals surface area contributed by atoms with Crippen molar-refractivity contribution in [1.82, 2.24) is 9.21 Å². The molecule has 1 fully saturated rings. The molecule has 0 bridgehead atoms. The van der Waals surface area contributed by atoms with Gasteiger partial charge in [-0.15, -0.1) is 11.3 Å². The van der Waals surface area contributed by atoms with Gasteiger partial charge in [-0.25, -0.2) is 18.0 Å². The van der Waals surface area contributed by atoms with Crippen molar-refractivity contribution in [2.24, 2.45) is 0 Å². The molecule has 1 aliphatic rings. The van der Waals surface area contributed by atoms with E-state index in [4.69, 9.17) is 9.47 Å². The minimum absolute atomic E-state index is 0.0277. The summed E-state index contributed by atoms with van der Waals surface area (Å²) < 4.78 is 37.4. The number of carbonyl (C=O) groups excluding carboxylic acids is 3. The van der Waals surface area contributed by atoms with E-state index in [0.29, 0.717) is 11.3 Å². The predicted molar refractivity (Wildman–Crippen MR) is 127 cm³/mol. The molecule has 2 aromatic rings. The van der Waals surface area contributed by atoms with Crippen LogP contribution in [0.2, 0.25) is 0 Å². The standard InChI is InChI=1S/C23H28N2O7S2/c1-15-17(19(26)31-4)21(33-18(15)20(27)32-5)34(29,30)25-13-11-24(12-14-25)22(28)23(2,3)16-9-7-6-8-10-16/h6-10H,11-14H2,1-5H3. The van der Waals surface area contributed by atoms with Crippen LogP contribution in [0.1, 0.15) is 45.0 Å². The molecule has 2 heterocycles. The van der Waals surface area contributed by atoms with Gasteiger partial charge in [0.05, 0.1) is 25.2 Å². The van der Waals surface area contributed by atoms with E-state index in [1.165, 1.54) is 18.3 Å². The maximum Gasteiger partial charge on any atom is 0.348 e. The summed E-state index contributed by atoms with van der Waals surface area (Å²) in [4.78, 5) is 39.4. The van der Waals surface area contributed by atoms with E-state index in [1.54, 1.807) is 4.90 Å². The van der Waals surface area contributed by atoms with Gasteiger partial charge < -0.3 is 14.4 Å². The molecule has 0 N–H and O–H groups in total. The topological polar surface area (TPSA) is 110 Å². The number of piperazine rings is 1. The molecule has 184 valence electrons. The SMILES string of the molecule is COC(=O)c1sc(S(=O)(=O)N2CCN(C(=O)C(C)(C)c3ccccc3)CC2)c(C(=O)OC)c1C. The zero-order valence-corrected chi connectivity index (χ0v) is 21.4. The number of esters is 2. The number of hydrogen-bond acceptors (Lipinski definition) is 8. The van der Waals surface area contributed by atoms with Crippen molar-refractivity contribution in [2.45, 2.75) is 30.4 Å². The lowest BCUT2D eigenvalue weighted by atomic mass is 9.83. The number of amides is 1.